The molecule has 1 N–H and O–H groups in total. The molecule has 3 aromatic heterocycles. The van der Waals surface area contributed by atoms with Crippen LogP contribution in [0.1, 0.15) is 35.9 Å². The summed E-state index contributed by atoms with van der Waals surface area (Å²) in [5, 5.41) is 8.99. The van der Waals surface area contributed by atoms with E-state index in [0.29, 0.717) is 6.04 Å². The summed E-state index contributed by atoms with van der Waals surface area (Å²) < 4.78 is 5.54. The number of nitrogens with one attached hydrogen (secondary N) is 1. The van der Waals surface area contributed by atoms with Gasteiger partial charge < -0.3 is 9.73 Å². The molecule has 0 fully saturated rings. The van der Waals surface area contributed by atoms with Gasteiger partial charge in [-0.15, -0.1) is 22.7 Å². The van der Waals surface area contributed by atoms with Crippen LogP contribution in [-0.4, -0.2) is 4.98 Å². The molecule has 3 heterocycles. The van der Waals surface area contributed by atoms with Gasteiger partial charge in [-0.1, -0.05) is 6.07 Å². The van der Waals surface area contributed by atoms with E-state index >= 15 is 0 Å². The first-order valence-electron chi connectivity index (χ1n) is 7.18. The molecule has 0 bridgehead atoms. The van der Waals surface area contributed by atoms with Crippen LogP contribution in [0.25, 0.3) is 9.88 Å². The van der Waals surface area contributed by atoms with E-state index in [1.807, 2.05) is 6.26 Å². The molecular formula is C16H16N2OS2. The molecule has 0 saturated carbocycles. The van der Waals surface area contributed by atoms with Crippen LogP contribution < -0.4 is 5.32 Å². The summed E-state index contributed by atoms with van der Waals surface area (Å²) in [7, 11) is 0. The molecule has 0 aliphatic heterocycles. The lowest BCUT2D eigenvalue weighted by atomic mass is 9.93. The van der Waals surface area contributed by atoms with E-state index in [1.54, 1.807) is 22.7 Å². The highest BCUT2D eigenvalue weighted by Crippen LogP contribution is 2.31. The summed E-state index contributed by atoms with van der Waals surface area (Å²) in [5.41, 5.74) is 2.45. The van der Waals surface area contributed by atoms with Crippen LogP contribution in [0.5, 0.6) is 0 Å². The lowest BCUT2D eigenvalue weighted by Crippen LogP contribution is -2.24. The van der Waals surface area contributed by atoms with Crippen molar-refractivity contribution in [1.82, 2.24) is 10.3 Å². The van der Waals surface area contributed by atoms with Crippen LogP contribution >= 0.6 is 22.7 Å². The van der Waals surface area contributed by atoms with Gasteiger partial charge in [0.05, 0.1) is 16.8 Å². The van der Waals surface area contributed by atoms with E-state index in [9.17, 15) is 0 Å². The number of nitrogens with zero attached hydrogens (tertiary/aromatic N) is 1. The number of fused-ring (bicyclic) bond motifs is 1. The van der Waals surface area contributed by atoms with Crippen molar-refractivity contribution >= 4 is 22.7 Å². The standard InChI is InChI=1S/C16H16N2OS2/c1-3-13(12-6-7-19-14(12)4-1)17-9-11-10-21-16(18-11)15-5-2-8-20-15/h2,5-8,10,13,17H,1,3-4,9H2. The Morgan fingerprint density at radius 2 is 2.33 bits per heavy atom. The Labute approximate surface area is 131 Å². The zero-order valence-corrected chi connectivity index (χ0v) is 13.2. The summed E-state index contributed by atoms with van der Waals surface area (Å²) in [4.78, 5) is 5.97. The third kappa shape index (κ3) is 2.69. The van der Waals surface area contributed by atoms with Gasteiger partial charge in [0.1, 0.15) is 10.8 Å². The van der Waals surface area contributed by atoms with Crippen molar-refractivity contribution in [2.75, 3.05) is 0 Å². The predicted octanol–water partition coefficient (Wildman–Crippen LogP) is 4.63. The molecule has 0 aromatic carbocycles. The van der Waals surface area contributed by atoms with E-state index in [0.717, 1.165) is 29.4 Å². The number of furan rings is 1. The predicted molar refractivity (Wildman–Crippen MR) is 86.7 cm³/mol. The van der Waals surface area contributed by atoms with Crippen molar-refractivity contribution in [3.05, 3.63) is 52.2 Å². The van der Waals surface area contributed by atoms with Gasteiger partial charge in [0.15, 0.2) is 0 Å². The smallest absolute Gasteiger partial charge is 0.133 e. The third-order valence-corrected chi connectivity index (χ3v) is 5.80. The lowest BCUT2D eigenvalue weighted by Gasteiger charge is -2.22. The maximum absolute atomic E-state index is 5.54. The summed E-state index contributed by atoms with van der Waals surface area (Å²) >= 11 is 3.46. The minimum atomic E-state index is 0.402. The van der Waals surface area contributed by atoms with E-state index < -0.39 is 0 Å². The molecule has 0 saturated heterocycles. The average Bonchev–Trinajstić information content (AvgIpc) is 3.23. The number of rotatable bonds is 4. The van der Waals surface area contributed by atoms with Crippen LogP contribution in [0, 0.1) is 0 Å². The van der Waals surface area contributed by atoms with E-state index in [-0.39, 0.29) is 0 Å². The number of aromatic nitrogens is 1. The van der Waals surface area contributed by atoms with Crippen molar-refractivity contribution in [2.24, 2.45) is 0 Å². The van der Waals surface area contributed by atoms with Crippen molar-refractivity contribution in [2.45, 2.75) is 31.8 Å². The first-order chi connectivity index (χ1) is 10.4. The van der Waals surface area contributed by atoms with Crippen molar-refractivity contribution in [3.8, 4) is 9.88 Å². The van der Waals surface area contributed by atoms with Crippen molar-refractivity contribution < 1.29 is 4.42 Å². The Hall–Kier alpha value is -1.43. The molecule has 4 rings (SSSR count). The molecule has 0 radical (unpaired) electrons. The topological polar surface area (TPSA) is 38.1 Å². The summed E-state index contributed by atoms with van der Waals surface area (Å²) in [6.45, 7) is 0.817. The second-order valence-electron chi connectivity index (χ2n) is 5.25. The minimum absolute atomic E-state index is 0.402. The number of thiazole rings is 1. The van der Waals surface area contributed by atoms with Crippen LogP contribution in [0.4, 0.5) is 0 Å². The molecule has 0 spiro atoms. The second kappa shape index (κ2) is 5.75. The average molecular weight is 316 g/mol. The van der Waals surface area contributed by atoms with Crippen LogP contribution in [0.3, 0.4) is 0 Å². The summed E-state index contributed by atoms with van der Waals surface area (Å²) in [6, 6.07) is 6.70. The van der Waals surface area contributed by atoms with Gasteiger partial charge in [-0.3, -0.25) is 0 Å². The Morgan fingerprint density at radius 1 is 1.33 bits per heavy atom. The van der Waals surface area contributed by atoms with Crippen LogP contribution in [0.15, 0.2) is 39.6 Å². The third-order valence-electron chi connectivity index (χ3n) is 3.87. The first kappa shape index (κ1) is 13.2. The Bertz CT molecular complexity index is 714. The highest BCUT2D eigenvalue weighted by molar-refractivity contribution is 7.20. The summed E-state index contributed by atoms with van der Waals surface area (Å²) in [5.74, 6) is 1.15. The van der Waals surface area contributed by atoms with Gasteiger partial charge in [0.2, 0.25) is 0 Å². The molecule has 108 valence electrons. The molecule has 3 nitrogen and oxygen atoms in total. The SMILES string of the molecule is c1csc(-c2nc(CNC3CCCc4occc43)cs2)c1. The van der Waals surface area contributed by atoms with Gasteiger partial charge in [-0.25, -0.2) is 4.98 Å². The minimum Gasteiger partial charge on any atom is -0.469 e. The fraction of sp³-hybridized carbons (Fsp3) is 0.312. The highest BCUT2D eigenvalue weighted by atomic mass is 32.1. The highest BCUT2D eigenvalue weighted by Gasteiger charge is 2.22. The molecule has 21 heavy (non-hydrogen) atoms. The number of hydrogen-bond donors (Lipinski definition) is 1. The normalized spacial score (nSPS) is 17.8. The number of aryl methyl sites for hydroxylation is 1. The Balaban J connectivity index is 1.44. The Kier molecular flexibility index (Phi) is 3.63. The maximum Gasteiger partial charge on any atom is 0.133 e. The fourth-order valence-corrected chi connectivity index (χ4v) is 4.46. The second-order valence-corrected chi connectivity index (χ2v) is 7.05. The molecule has 1 aliphatic rings. The number of thiophene rings is 1. The van der Waals surface area contributed by atoms with Gasteiger partial charge in [-0.05, 0) is 30.4 Å². The largest absolute Gasteiger partial charge is 0.469 e. The molecule has 5 heteroatoms. The molecular weight excluding hydrogens is 300 g/mol. The van der Waals surface area contributed by atoms with Gasteiger partial charge in [0.25, 0.3) is 0 Å². The first-order valence-corrected chi connectivity index (χ1v) is 8.94. The Morgan fingerprint density at radius 3 is 3.24 bits per heavy atom. The molecule has 1 aliphatic carbocycles. The van der Waals surface area contributed by atoms with Crippen molar-refractivity contribution in [1.29, 1.82) is 0 Å². The quantitative estimate of drug-likeness (QED) is 0.762. The molecule has 1 atom stereocenters. The van der Waals surface area contributed by atoms with Gasteiger partial charge in [0, 0.05) is 30.0 Å². The molecule has 1 unspecified atom stereocenters. The van der Waals surface area contributed by atoms with Gasteiger partial charge in [-0.2, -0.15) is 0 Å². The van der Waals surface area contributed by atoms with E-state index in [4.69, 9.17) is 9.40 Å². The zero-order valence-electron chi connectivity index (χ0n) is 11.5. The maximum atomic E-state index is 5.54. The van der Waals surface area contributed by atoms with Gasteiger partial charge >= 0.3 is 0 Å². The van der Waals surface area contributed by atoms with Crippen molar-refractivity contribution in [3.63, 3.8) is 0 Å². The lowest BCUT2D eigenvalue weighted by molar-refractivity contribution is 0.410. The molecule has 0 amide bonds. The molecule has 3 aromatic rings. The number of hydrogen-bond acceptors (Lipinski definition) is 5. The summed E-state index contributed by atoms with van der Waals surface area (Å²) in [6.07, 6.45) is 5.24. The monoisotopic (exact) mass is 316 g/mol. The van der Waals surface area contributed by atoms with E-state index in [1.165, 1.54) is 23.3 Å². The van der Waals surface area contributed by atoms with Crippen LogP contribution in [0.2, 0.25) is 0 Å². The van der Waals surface area contributed by atoms with Crippen LogP contribution in [-0.2, 0) is 13.0 Å². The fourth-order valence-electron chi connectivity index (χ4n) is 2.83. The zero-order chi connectivity index (χ0) is 14.1. The van der Waals surface area contributed by atoms with E-state index in [2.05, 4.69) is 34.3 Å².